The monoisotopic (exact) mass is 297 g/mol. The van der Waals surface area contributed by atoms with Gasteiger partial charge in [0, 0.05) is 5.54 Å². The first-order valence-corrected chi connectivity index (χ1v) is 8.62. The van der Waals surface area contributed by atoms with E-state index in [0.29, 0.717) is 21.7 Å². The molecule has 0 aromatic rings. The summed E-state index contributed by atoms with van der Waals surface area (Å²) in [5, 5.41) is 0. The van der Waals surface area contributed by atoms with E-state index >= 15 is 0 Å². The first-order valence-electron chi connectivity index (χ1n) is 8.62. The molecular formula is C20H43N. The summed E-state index contributed by atoms with van der Waals surface area (Å²) in [7, 11) is 0. The highest BCUT2D eigenvalue weighted by Crippen LogP contribution is 2.47. The Morgan fingerprint density at radius 3 is 1.05 bits per heavy atom. The lowest BCUT2D eigenvalue weighted by Crippen LogP contribution is -2.39. The highest BCUT2D eigenvalue weighted by atomic mass is 14.7. The standard InChI is InChI=1S/C20H43N/c1-16(2,3)12-17(4,5)13-18(6,7)14-19(8,9)15-20(10,11)21/h12-15,21H2,1-11H3. The van der Waals surface area contributed by atoms with E-state index in [0.717, 1.165) is 6.42 Å². The Kier molecular flexibility index (Phi) is 6.21. The van der Waals surface area contributed by atoms with Gasteiger partial charge in [-0.1, -0.05) is 62.3 Å². The van der Waals surface area contributed by atoms with E-state index in [1.807, 2.05) is 0 Å². The van der Waals surface area contributed by atoms with Crippen molar-refractivity contribution in [3.05, 3.63) is 0 Å². The summed E-state index contributed by atoms with van der Waals surface area (Å²) in [6, 6.07) is 0. The molecule has 0 spiro atoms. The summed E-state index contributed by atoms with van der Waals surface area (Å²) in [6.07, 6.45) is 4.84. The fourth-order valence-corrected chi connectivity index (χ4v) is 5.45. The van der Waals surface area contributed by atoms with Crippen LogP contribution in [0.1, 0.15) is 102 Å². The minimum absolute atomic E-state index is 0.0828. The molecule has 1 nitrogen and oxygen atoms in total. The summed E-state index contributed by atoms with van der Waals surface area (Å²) >= 11 is 0. The zero-order valence-electron chi connectivity index (χ0n) is 16.9. The van der Waals surface area contributed by atoms with Crippen LogP contribution in [0.5, 0.6) is 0 Å². The summed E-state index contributed by atoms with van der Waals surface area (Å²) in [5.41, 5.74) is 7.59. The molecule has 21 heavy (non-hydrogen) atoms. The average molecular weight is 298 g/mol. The second-order valence-corrected chi connectivity index (χ2v) is 11.7. The van der Waals surface area contributed by atoms with Crippen LogP contribution in [0, 0.1) is 21.7 Å². The Labute approximate surface area is 135 Å². The fraction of sp³-hybridized carbons (Fsp3) is 1.00. The van der Waals surface area contributed by atoms with Crippen molar-refractivity contribution >= 4 is 0 Å². The molecule has 0 heterocycles. The molecular weight excluding hydrogens is 254 g/mol. The lowest BCUT2D eigenvalue weighted by molar-refractivity contribution is 0.0835. The molecule has 0 amide bonds. The number of hydrogen-bond acceptors (Lipinski definition) is 1. The Hall–Kier alpha value is -0.0400. The lowest BCUT2D eigenvalue weighted by Gasteiger charge is -2.43. The molecule has 0 aliphatic heterocycles. The zero-order chi connectivity index (χ0) is 17.3. The predicted molar refractivity (Wildman–Crippen MR) is 97.5 cm³/mol. The van der Waals surface area contributed by atoms with Crippen molar-refractivity contribution in [3.63, 3.8) is 0 Å². The van der Waals surface area contributed by atoms with E-state index in [1.165, 1.54) is 19.3 Å². The van der Waals surface area contributed by atoms with Crippen LogP contribution in [0.15, 0.2) is 0 Å². The smallest absolute Gasteiger partial charge is 0.0102 e. The van der Waals surface area contributed by atoms with Gasteiger partial charge in [0.1, 0.15) is 0 Å². The molecule has 128 valence electrons. The number of hydrogen-bond donors (Lipinski definition) is 1. The van der Waals surface area contributed by atoms with Crippen molar-refractivity contribution in [2.45, 2.75) is 107 Å². The molecule has 0 fully saturated rings. The van der Waals surface area contributed by atoms with E-state index in [-0.39, 0.29) is 5.54 Å². The highest BCUT2D eigenvalue weighted by Gasteiger charge is 2.37. The molecule has 0 radical (unpaired) electrons. The van der Waals surface area contributed by atoms with Crippen molar-refractivity contribution in [1.29, 1.82) is 0 Å². The lowest BCUT2D eigenvalue weighted by atomic mass is 9.63. The van der Waals surface area contributed by atoms with Gasteiger partial charge < -0.3 is 5.73 Å². The largest absolute Gasteiger partial charge is 0.326 e. The Bertz CT molecular complexity index is 289. The van der Waals surface area contributed by atoms with Crippen LogP contribution < -0.4 is 5.73 Å². The zero-order valence-corrected chi connectivity index (χ0v) is 16.9. The van der Waals surface area contributed by atoms with Crippen molar-refractivity contribution in [2.75, 3.05) is 0 Å². The summed E-state index contributed by atoms with van der Waals surface area (Å²) in [6.45, 7) is 25.8. The number of rotatable bonds is 7. The average Bonchev–Trinajstić information content (AvgIpc) is 1.83. The Morgan fingerprint density at radius 2 is 0.762 bits per heavy atom. The molecule has 1 heteroatoms. The molecule has 0 bridgehead atoms. The van der Waals surface area contributed by atoms with E-state index in [9.17, 15) is 0 Å². The molecule has 0 rings (SSSR count). The van der Waals surface area contributed by atoms with Crippen LogP contribution >= 0.6 is 0 Å². The van der Waals surface area contributed by atoms with Crippen LogP contribution in [-0.2, 0) is 0 Å². The van der Waals surface area contributed by atoms with Crippen molar-refractivity contribution < 1.29 is 0 Å². The molecule has 2 N–H and O–H groups in total. The van der Waals surface area contributed by atoms with Gasteiger partial charge in [0.25, 0.3) is 0 Å². The first-order chi connectivity index (χ1) is 8.83. The Balaban J connectivity index is 4.83. The van der Waals surface area contributed by atoms with Crippen LogP contribution in [-0.4, -0.2) is 5.54 Å². The van der Waals surface area contributed by atoms with Gasteiger partial charge in [-0.05, 0) is 61.2 Å². The van der Waals surface area contributed by atoms with E-state index in [4.69, 9.17) is 5.73 Å². The molecule has 0 aromatic heterocycles. The van der Waals surface area contributed by atoms with Crippen LogP contribution in [0.4, 0.5) is 0 Å². The Morgan fingerprint density at radius 1 is 0.476 bits per heavy atom. The quantitative estimate of drug-likeness (QED) is 0.577. The third-order valence-electron chi connectivity index (χ3n) is 3.86. The second kappa shape index (κ2) is 6.22. The van der Waals surface area contributed by atoms with Crippen LogP contribution in [0.25, 0.3) is 0 Å². The topological polar surface area (TPSA) is 26.0 Å². The van der Waals surface area contributed by atoms with Crippen LogP contribution in [0.3, 0.4) is 0 Å². The highest BCUT2D eigenvalue weighted by molar-refractivity contribution is 4.89. The minimum atomic E-state index is -0.0828. The third kappa shape index (κ3) is 11.2. The van der Waals surface area contributed by atoms with E-state index in [1.54, 1.807) is 0 Å². The van der Waals surface area contributed by atoms with Crippen molar-refractivity contribution in [2.24, 2.45) is 27.4 Å². The van der Waals surface area contributed by atoms with E-state index < -0.39 is 0 Å². The maximum absolute atomic E-state index is 6.25. The summed E-state index contributed by atoms with van der Waals surface area (Å²) < 4.78 is 0. The first kappa shape index (κ1) is 21.0. The van der Waals surface area contributed by atoms with Gasteiger partial charge in [0.05, 0.1) is 0 Å². The van der Waals surface area contributed by atoms with E-state index in [2.05, 4.69) is 76.2 Å². The fourth-order valence-electron chi connectivity index (χ4n) is 5.45. The normalized spacial score (nSPS) is 15.4. The van der Waals surface area contributed by atoms with Gasteiger partial charge in [0.2, 0.25) is 0 Å². The predicted octanol–water partition coefficient (Wildman–Crippen LogP) is 6.41. The molecule has 0 saturated heterocycles. The summed E-state index contributed by atoms with van der Waals surface area (Å²) in [4.78, 5) is 0. The summed E-state index contributed by atoms with van der Waals surface area (Å²) in [5.74, 6) is 0. The maximum Gasteiger partial charge on any atom is 0.0102 e. The SMILES string of the molecule is CC(C)(C)CC(C)(C)CC(C)(C)CC(C)(C)CC(C)(C)N. The molecule has 0 aliphatic rings. The van der Waals surface area contributed by atoms with Gasteiger partial charge >= 0.3 is 0 Å². The van der Waals surface area contributed by atoms with Gasteiger partial charge in [-0.2, -0.15) is 0 Å². The third-order valence-corrected chi connectivity index (χ3v) is 3.86. The second-order valence-electron chi connectivity index (χ2n) is 11.7. The van der Waals surface area contributed by atoms with Crippen molar-refractivity contribution in [1.82, 2.24) is 0 Å². The van der Waals surface area contributed by atoms with Crippen LogP contribution in [0.2, 0.25) is 0 Å². The molecule has 0 aromatic carbocycles. The van der Waals surface area contributed by atoms with Gasteiger partial charge in [-0.3, -0.25) is 0 Å². The van der Waals surface area contributed by atoms with Gasteiger partial charge in [-0.15, -0.1) is 0 Å². The molecule has 0 saturated carbocycles. The minimum Gasteiger partial charge on any atom is -0.326 e. The van der Waals surface area contributed by atoms with Gasteiger partial charge in [0.15, 0.2) is 0 Å². The molecule has 0 aliphatic carbocycles. The molecule has 0 unspecified atom stereocenters. The number of nitrogens with two attached hydrogens (primary N) is 1. The molecule has 0 atom stereocenters. The maximum atomic E-state index is 6.25. The van der Waals surface area contributed by atoms with Crippen molar-refractivity contribution in [3.8, 4) is 0 Å². The van der Waals surface area contributed by atoms with Gasteiger partial charge in [-0.25, -0.2) is 0 Å².